The second-order valence-electron chi connectivity index (χ2n) is 4.62. The van der Waals surface area contributed by atoms with Crippen LogP contribution in [0.2, 0.25) is 0 Å². The van der Waals surface area contributed by atoms with E-state index in [-0.39, 0.29) is 0 Å². The predicted octanol–water partition coefficient (Wildman–Crippen LogP) is 4.25. The van der Waals surface area contributed by atoms with Gasteiger partial charge in [0.05, 0.1) is 0 Å². The number of unbranched alkanes of at least 4 members (excludes halogenated alkanes) is 3. The van der Waals surface area contributed by atoms with E-state index in [4.69, 9.17) is 4.74 Å². The molecule has 0 fully saturated rings. The molecule has 0 aromatic heterocycles. The summed E-state index contributed by atoms with van der Waals surface area (Å²) in [4.78, 5) is 0. The maximum Gasteiger partial charge on any atom is 0.0466 e. The van der Waals surface area contributed by atoms with Gasteiger partial charge in [0.15, 0.2) is 0 Å². The second kappa shape index (κ2) is 18.3. The average Bonchev–Trinajstić information content (AvgIpc) is 2.34. The van der Waals surface area contributed by atoms with E-state index in [9.17, 15) is 0 Å². The van der Waals surface area contributed by atoms with Crippen molar-refractivity contribution in [3.63, 3.8) is 0 Å². The Labute approximate surface area is 110 Å². The molecular weight excluding hydrogens is 210 g/mol. The van der Waals surface area contributed by atoms with Gasteiger partial charge >= 0.3 is 0 Å². The van der Waals surface area contributed by atoms with E-state index in [0.717, 1.165) is 32.2 Å². The zero-order valence-corrected chi connectivity index (χ0v) is 12.8. The lowest BCUT2D eigenvalue weighted by atomic mass is 10.2. The lowest BCUT2D eigenvalue weighted by Crippen LogP contribution is -2.20. The molecule has 0 heterocycles. The van der Waals surface area contributed by atoms with Crippen molar-refractivity contribution >= 4 is 0 Å². The monoisotopic (exact) mass is 245 g/mol. The normalized spacial score (nSPS) is 10.2. The van der Waals surface area contributed by atoms with Crippen LogP contribution in [0.5, 0.6) is 0 Å². The van der Waals surface area contributed by atoms with Crippen molar-refractivity contribution in [2.24, 2.45) is 5.92 Å². The van der Waals surface area contributed by atoms with E-state index < -0.39 is 0 Å². The van der Waals surface area contributed by atoms with Gasteiger partial charge in [-0.15, -0.1) is 0 Å². The molecule has 0 aromatic rings. The largest absolute Gasteiger partial charge is 0.381 e. The first-order chi connectivity index (χ1) is 8.27. The molecule has 2 heteroatoms. The van der Waals surface area contributed by atoms with E-state index in [2.05, 4.69) is 26.1 Å². The highest BCUT2D eigenvalue weighted by Gasteiger charge is 1.93. The second-order valence-corrected chi connectivity index (χ2v) is 4.62. The van der Waals surface area contributed by atoms with Crippen LogP contribution in [0.15, 0.2) is 0 Å². The minimum absolute atomic E-state index is 0.760. The third kappa shape index (κ3) is 21.7. The van der Waals surface area contributed by atoms with Crippen LogP contribution in [0.1, 0.15) is 66.7 Å². The lowest BCUT2D eigenvalue weighted by Gasteiger charge is -2.07. The molecule has 0 unspecified atom stereocenters. The van der Waals surface area contributed by atoms with Crippen molar-refractivity contribution < 1.29 is 4.74 Å². The lowest BCUT2D eigenvalue weighted by molar-refractivity contribution is 0.126. The highest BCUT2D eigenvalue weighted by molar-refractivity contribution is 4.51. The zero-order chi connectivity index (χ0) is 13.4. The molecule has 1 N–H and O–H groups in total. The standard InChI is InChI=1S/C13H29NO.C2H6/c1-4-5-7-10-15-11-8-6-9-14-12-13(2)3;1-2/h13-14H,4-12H2,1-3H3;1-2H3. The first-order valence-electron chi connectivity index (χ1n) is 7.55. The van der Waals surface area contributed by atoms with Gasteiger partial charge in [-0.3, -0.25) is 0 Å². The maximum absolute atomic E-state index is 5.54. The molecule has 0 radical (unpaired) electrons. The molecule has 0 amide bonds. The fourth-order valence-electron chi connectivity index (χ4n) is 1.40. The van der Waals surface area contributed by atoms with Crippen LogP contribution in [0, 0.1) is 5.92 Å². The molecule has 0 rings (SSSR count). The molecular formula is C15H35NO. The first-order valence-corrected chi connectivity index (χ1v) is 7.55. The third-order valence-electron chi connectivity index (χ3n) is 2.34. The summed E-state index contributed by atoms with van der Waals surface area (Å²) in [6, 6.07) is 0. The molecule has 0 aliphatic rings. The fourth-order valence-corrected chi connectivity index (χ4v) is 1.40. The van der Waals surface area contributed by atoms with E-state index in [1.54, 1.807) is 0 Å². The number of hydrogen-bond donors (Lipinski definition) is 1. The van der Waals surface area contributed by atoms with Gasteiger partial charge < -0.3 is 10.1 Å². The van der Waals surface area contributed by atoms with Crippen LogP contribution in [0.4, 0.5) is 0 Å². The topological polar surface area (TPSA) is 21.3 Å². The Bertz CT molecular complexity index is 115. The van der Waals surface area contributed by atoms with Crippen LogP contribution in [-0.4, -0.2) is 26.3 Å². The van der Waals surface area contributed by atoms with Crippen LogP contribution in [0.25, 0.3) is 0 Å². The van der Waals surface area contributed by atoms with E-state index in [1.807, 2.05) is 13.8 Å². The minimum atomic E-state index is 0.760. The Morgan fingerprint density at radius 2 is 1.53 bits per heavy atom. The van der Waals surface area contributed by atoms with Gasteiger partial charge in [0.25, 0.3) is 0 Å². The summed E-state index contributed by atoms with van der Waals surface area (Å²) in [6.07, 6.45) is 6.23. The summed E-state index contributed by atoms with van der Waals surface area (Å²) in [7, 11) is 0. The highest BCUT2D eigenvalue weighted by atomic mass is 16.5. The number of ether oxygens (including phenoxy) is 1. The van der Waals surface area contributed by atoms with Crippen molar-refractivity contribution in [2.75, 3.05) is 26.3 Å². The van der Waals surface area contributed by atoms with Gasteiger partial charge in [-0.05, 0) is 38.3 Å². The van der Waals surface area contributed by atoms with Gasteiger partial charge in [0.1, 0.15) is 0 Å². The summed E-state index contributed by atoms with van der Waals surface area (Å²) < 4.78 is 5.54. The molecule has 17 heavy (non-hydrogen) atoms. The van der Waals surface area contributed by atoms with Crippen molar-refractivity contribution in [2.45, 2.75) is 66.7 Å². The van der Waals surface area contributed by atoms with Crippen molar-refractivity contribution in [1.82, 2.24) is 5.32 Å². The summed E-state index contributed by atoms with van der Waals surface area (Å²) in [5, 5.41) is 3.44. The zero-order valence-electron chi connectivity index (χ0n) is 12.8. The number of nitrogens with one attached hydrogen (secondary N) is 1. The smallest absolute Gasteiger partial charge is 0.0466 e. The molecule has 2 nitrogen and oxygen atoms in total. The molecule has 0 aliphatic heterocycles. The fraction of sp³-hybridized carbons (Fsp3) is 1.00. The number of rotatable bonds is 11. The first kappa shape index (κ1) is 19.3. The van der Waals surface area contributed by atoms with Crippen LogP contribution < -0.4 is 5.32 Å². The Kier molecular flexibility index (Phi) is 20.7. The van der Waals surface area contributed by atoms with Crippen molar-refractivity contribution in [1.29, 1.82) is 0 Å². The third-order valence-corrected chi connectivity index (χ3v) is 2.34. The quantitative estimate of drug-likeness (QED) is 0.550. The van der Waals surface area contributed by atoms with Gasteiger partial charge in [-0.2, -0.15) is 0 Å². The van der Waals surface area contributed by atoms with Gasteiger partial charge in [-0.1, -0.05) is 47.5 Å². The molecule has 0 spiro atoms. The van der Waals surface area contributed by atoms with E-state index in [1.165, 1.54) is 32.1 Å². The van der Waals surface area contributed by atoms with Crippen molar-refractivity contribution in [3.8, 4) is 0 Å². The van der Waals surface area contributed by atoms with E-state index >= 15 is 0 Å². The van der Waals surface area contributed by atoms with Crippen molar-refractivity contribution in [3.05, 3.63) is 0 Å². The predicted molar refractivity (Wildman–Crippen MR) is 78.6 cm³/mol. The Morgan fingerprint density at radius 1 is 0.941 bits per heavy atom. The molecule has 0 atom stereocenters. The van der Waals surface area contributed by atoms with Crippen LogP contribution >= 0.6 is 0 Å². The Hall–Kier alpha value is -0.0800. The summed E-state index contributed by atoms with van der Waals surface area (Å²) in [5.41, 5.74) is 0. The van der Waals surface area contributed by atoms with Gasteiger partial charge in [-0.25, -0.2) is 0 Å². The summed E-state index contributed by atoms with van der Waals surface area (Å²) in [5.74, 6) is 0.760. The average molecular weight is 245 g/mol. The Balaban J connectivity index is 0. The van der Waals surface area contributed by atoms with Gasteiger partial charge in [0.2, 0.25) is 0 Å². The van der Waals surface area contributed by atoms with Crippen LogP contribution in [0.3, 0.4) is 0 Å². The molecule has 106 valence electrons. The summed E-state index contributed by atoms with van der Waals surface area (Å²) >= 11 is 0. The molecule has 0 saturated carbocycles. The SMILES string of the molecule is CC.CCCCCOCCCCNCC(C)C. The van der Waals surface area contributed by atoms with E-state index in [0.29, 0.717) is 0 Å². The molecule has 0 saturated heterocycles. The molecule has 0 aliphatic carbocycles. The highest BCUT2D eigenvalue weighted by Crippen LogP contribution is 1.96. The van der Waals surface area contributed by atoms with Gasteiger partial charge in [0, 0.05) is 13.2 Å². The number of hydrogen-bond acceptors (Lipinski definition) is 2. The minimum Gasteiger partial charge on any atom is -0.381 e. The molecule has 0 aromatic carbocycles. The van der Waals surface area contributed by atoms with Crippen LogP contribution in [-0.2, 0) is 4.74 Å². The Morgan fingerprint density at radius 3 is 2.06 bits per heavy atom. The summed E-state index contributed by atoms with van der Waals surface area (Å²) in [6.45, 7) is 14.9. The molecule has 0 bridgehead atoms. The maximum atomic E-state index is 5.54.